The van der Waals surface area contributed by atoms with E-state index in [0.717, 1.165) is 44.6 Å². The van der Waals surface area contributed by atoms with Gasteiger partial charge in [0.05, 0.1) is 5.69 Å². The number of nitrogens with zero attached hydrogens (tertiary/aromatic N) is 1. The summed E-state index contributed by atoms with van der Waals surface area (Å²) in [4.78, 5) is 14.4. The number of rotatable bonds is 6. The Morgan fingerprint density at radius 1 is 1.03 bits per heavy atom. The van der Waals surface area contributed by atoms with E-state index in [1.807, 2.05) is 18.2 Å². The number of carbonyl (C=O) groups excluding carboxylic acids is 1. The Morgan fingerprint density at radius 2 is 1.69 bits per heavy atom. The first-order chi connectivity index (χ1) is 13.9. The molecule has 1 heterocycles. The summed E-state index contributed by atoms with van der Waals surface area (Å²) in [5.74, 6) is -0.324. The van der Waals surface area contributed by atoms with Gasteiger partial charge in [0.2, 0.25) is 0 Å². The van der Waals surface area contributed by atoms with E-state index in [1.165, 1.54) is 17.7 Å². The molecule has 1 saturated heterocycles. The molecule has 1 aliphatic rings. The third-order valence-corrected chi connectivity index (χ3v) is 4.58. The molecule has 2 aromatic rings. The van der Waals surface area contributed by atoms with Gasteiger partial charge in [0.15, 0.2) is 0 Å². The summed E-state index contributed by atoms with van der Waals surface area (Å²) in [6.45, 7) is 2.69. The third kappa shape index (κ3) is 7.19. The van der Waals surface area contributed by atoms with Gasteiger partial charge in [-0.05, 0) is 42.7 Å². The van der Waals surface area contributed by atoms with Crippen molar-refractivity contribution in [2.24, 2.45) is 0 Å². The first kappa shape index (κ1) is 20.8. The standard InChI is InChI=1S/C20H23F3N4O2/c21-20(22,23)29-18-8-6-17(7-9-18)25-26-19(28)24-16-10-12-27(13-11-16)14-15-4-2-1-3-5-15/h1-9,16,25H,10-14H2,(H2,24,26,28). The molecule has 0 atom stereocenters. The first-order valence-electron chi connectivity index (χ1n) is 9.32. The highest BCUT2D eigenvalue weighted by Crippen LogP contribution is 2.23. The van der Waals surface area contributed by atoms with Crippen LogP contribution in [-0.2, 0) is 6.54 Å². The molecular weight excluding hydrogens is 385 g/mol. The molecule has 3 rings (SSSR count). The van der Waals surface area contributed by atoms with Gasteiger partial charge in [-0.1, -0.05) is 30.3 Å². The van der Waals surface area contributed by atoms with Gasteiger partial charge in [0.25, 0.3) is 0 Å². The van der Waals surface area contributed by atoms with Gasteiger partial charge in [-0.15, -0.1) is 13.2 Å². The minimum atomic E-state index is -4.73. The first-order valence-corrected chi connectivity index (χ1v) is 9.32. The van der Waals surface area contributed by atoms with Crippen molar-refractivity contribution < 1.29 is 22.7 Å². The monoisotopic (exact) mass is 408 g/mol. The maximum atomic E-state index is 12.1. The average Bonchev–Trinajstić information content (AvgIpc) is 2.69. The fourth-order valence-electron chi connectivity index (χ4n) is 3.17. The van der Waals surface area contributed by atoms with Crippen LogP contribution in [0.2, 0.25) is 0 Å². The van der Waals surface area contributed by atoms with Crippen LogP contribution in [-0.4, -0.2) is 36.4 Å². The van der Waals surface area contributed by atoms with Crippen molar-refractivity contribution in [2.75, 3.05) is 18.5 Å². The van der Waals surface area contributed by atoms with E-state index in [-0.39, 0.29) is 17.8 Å². The van der Waals surface area contributed by atoms with E-state index in [1.54, 1.807) is 0 Å². The van der Waals surface area contributed by atoms with Crippen molar-refractivity contribution in [3.63, 3.8) is 0 Å². The van der Waals surface area contributed by atoms with Crippen LogP contribution in [0.5, 0.6) is 5.75 Å². The molecule has 0 saturated carbocycles. The highest BCUT2D eigenvalue weighted by molar-refractivity contribution is 5.75. The number of benzene rings is 2. The number of anilines is 1. The normalized spacial score (nSPS) is 15.6. The second-order valence-corrected chi connectivity index (χ2v) is 6.83. The molecular formula is C20H23F3N4O2. The largest absolute Gasteiger partial charge is 0.573 e. The van der Waals surface area contributed by atoms with E-state index in [0.29, 0.717) is 5.69 Å². The molecule has 9 heteroatoms. The van der Waals surface area contributed by atoms with Crippen LogP contribution in [0.1, 0.15) is 18.4 Å². The maximum Gasteiger partial charge on any atom is 0.573 e. The Kier molecular flexibility index (Phi) is 6.82. The summed E-state index contributed by atoms with van der Waals surface area (Å²) in [6, 6.07) is 15.0. The molecule has 0 radical (unpaired) electrons. The molecule has 0 bridgehead atoms. The van der Waals surface area contributed by atoms with Gasteiger partial charge in [0, 0.05) is 25.7 Å². The van der Waals surface area contributed by atoms with Gasteiger partial charge in [0.1, 0.15) is 5.75 Å². The number of nitrogens with one attached hydrogen (secondary N) is 3. The van der Waals surface area contributed by atoms with E-state index in [2.05, 4.69) is 37.9 Å². The Balaban J connectivity index is 1.36. The predicted octanol–water partition coefficient (Wildman–Crippen LogP) is 3.88. The summed E-state index contributed by atoms with van der Waals surface area (Å²) >= 11 is 0. The van der Waals surface area contributed by atoms with Crippen LogP contribution in [0.4, 0.5) is 23.7 Å². The zero-order valence-electron chi connectivity index (χ0n) is 15.7. The molecule has 2 amide bonds. The smallest absolute Gasteiger partial charge is 0.406 e. The van der Waals surface area contributed by atoms with Crippen LogP contribution in [0.25, 0.3) is 0 Å². The van der Waals surface area contributed by atoms with Crippen LogP contribution >= 0.6 is 0 Å². The topological polar surface area (TPSA) is 65.6 Å². The van der Waals surface area contributed by atoms with Gasteiger partial charge < -0.3 is 10.1 Å². The van der Waals surface area contributed by atoms with Gasteiger partial charge in [-0.25, -0.2) is 4.79 Å². The lowest BCUT2D eigenvalue weighted by Gasteiger charge is -2.32. The third-order valence-electron chi connectivity index (χ3n) is 4.58. The Hall–Kier alpha value is -2.94. The molecule has 1 aliphatic heterocycles. The molecule has 0 aliphatic carbocycles. The van der Waals surface area contributed by atoms with E-state index in [4.69, 9.17) is 0 Å². The summed E-state index contributed by atoms with van der Waals surface area (Å²) in [6.07, 6.45) is -3.03. The highest BCUT2D eigenvalue weighted by atomic mass is 19.4. The number of hydrogen-bond donors (Lipinski definition) is 3. The number of hydrogen-bond acceptors (Lipinski definition) is 4. The van der Waals surface area contributed by atoms with Crippen LogP contribution in [0.15, 0.2) is 54.6 Å². The SMILES string of the molecule is O=C(NNc1ccc(OC(F)(F)F)cc1)NC1CCN(Cc2ccccc2)CC1. The zero-order chi connectivity index (χ0) is 20.7. The molecule has 2 aromatic carbocycles. The van der Waals surface area contributed by atoms with Crippen molar-refractivity contribution in [1.82, 2.24) is 15.6 Å². The van der Waals surface area contributed by atoms with Crippen LogP contribution < -0.4 is 20.9 Å². The summed E-state index contributed by atoms with van der Waals surface area (Å²) in [5.41, 5.74) is 6.85. The van der Waals surface area contributed by atoms with E-state index >= 15 is 0 Å². The molecule has 0 unspecified atom stereocenters. The fourth-order valence-corrected chi connectivity index (χ4v) is 3.17. The minimum Gasteiger partial charge on any atom is -0.406 e. The zero-order valence-corrected chi connectivity index (χ0v) is 15.7. The number of piperidine rings is 1. The number of hydrazine groups is 1. The van der Waals surface area contributed by atoms with Crippen LogP contribution in [0.3, 0.4) is 0 Å². The lowest BCUT2D eigenvalue weighted by molar-refractivity contribution is -0.274. The van der Waals surface area contributed by atoms with Crippen molar-refractivity contribution >= 4 is 11.7 Å². The quantitative estimate of drug-likeness (QED) is 0.635. The Bertz CT molecular complexity index is 777. The molecule has 6 nitrogen and oxygen atoms in total. The second kappa shape index (κ2) is 9.51. The van der Waals surface area contributed by atoms with Gasteiger partial charge in [-0.3, -0.25) is 15.8 Å². The molecule has 156 valence electrons. The van der Waals surface area contributed by atoms with Crippen molar-refractivity contribution in [1.29, 1.82) is 0 Å². The Morgan fingerprint density at radius 3 is 2.31 bits per heavy atom. The fraction of sp³-hybridized carbons (Fsp3) is 0.350. The lowest BCUT2D eigenvalue weighted by Crippen LogP contribution is -2.48. The summed E-state index contributed by atoms with van der Waals surface area (Å²) in [7, 11) is 0. The summed E-state index contributed by atoms with van der Waals surface area (Å²) < 4.78 is 40.2. The van der Waals surface area contributed by atoms with Crippen molar-refractivity contribution in [2.45, 2.75) is 31.8 Å². The van der Waals surface area contributed by atoms with Crippen LogP contribution in [0, 0.1) is 0 Å². The van der Waals surface area contributed by atoms with Crippen molar-refractivity contribution in [3.8, 4) is 5.75 Å². The number of halogens is 3. The number of urea groups is 1. The maximum absolute atomic E-state index is 12.1. The second-order valence-electron chi connectivity index (χ2n) is 6.83. The average molecular weight is 408 g/mol. The number of carbonyl (C=O) groups is 1. The van der Waals surface area contributed by atoms with Crippen molar-refractivity contribution in [3.05, 3.63) is 60.2 Å². The lowest BCUT2D eigenvalue weighted by atomic mass is 10.0. The molecule has 0 aromatic heterocycles. The van der Waals surface area contributed by atoms with Gasteiger partial charge in [-0.2, -0.15) is 0 Å². The number of ether oxygens (including phenoxy) is 1. The highest BCUT2D eigenvalue weighted by Gasteiger charge is 2.31. The number of likely N-dealkylation sites (tertiary alicyclic amines) is 1. The molecule has 1 fully saturated rings. The molecule has 0 spiro atoms. The Labute approximate surface area is 167 Å². The number of amides is 2. The van der Waals surface area contributed by atoms with Gasteiger partial charge >= 0.3 is 12.4 Å². The van der Waals surface area contributed by atoms with E-state index in [9.17, 15) is 18.0 Å². The summed E-state index contributed by atoms with van der Waals surface area (Å²) in [5, 5.41) is 2.90. The van der Waals surface area contributed by atoms with E-state index < -0.39 is 6.36 Å². The molecule has 3 N–H and O–H groups in total. The molecule has 29 heavy (non-hydrogen) atoms. The number of alkyl halides is 3. The predicted molar refractivity (Wildman–Crippen MR) is 103 cm³/mol. The minimum absolute atomic E-state index is 0.0754.